The first-order valence-corrected chi connectivity index (χ1v) is 4.45. The summed E-state index contributed by atoms with van der Waals surface area (Å²) in [6.07, 6.45) is -0.251. The Morgan fingerprint density at radius 1 is 1.33 bits per heavy atom. The molecule has 0 bridgehead atoms. The van der Waals surface area contributed by atoms with Crippen LogP contribution in [0.25, 0.3) is 0 Å². The lowest BCUT2D eigenvalue weighted by Gasteiger charge is -2.09. The maximum atomic E-state index is 11.2. The number of aliphatic carboxylic acids is 1. The minimum atomic E-state index is -2.73. The zero-order valence-corrected chi connectivity index (χ0v) is 8.03. The lowest BCUT2D eigenvalue weighted by atomic mass is 9.97. The summed E-state index contributed by atoms with van der Waals surface area (Å²) in [6.45, 7) is -8.08. The maximum absolute atomic E-state index is 11.2. The summed E-state index contributed by atoms with van der Waals surface area (Å²) >= 11 is 0. The molecule has 1 unspecified atom stereocenters. The molecule has 0 radical (unpaired) electrons. The van der Waals surface area contributed by atoms with E-state index in [0.717, 1.165) is 0 Å². The molecule has 1 rings (SSSR count). The third kappa shape index (κ3) is 3.39. The number of benzene rings is 1. The lowest BCUT2D eigenvalue weighted by molar-refractivity contribution is -0.138. The summed E-state index contributed by atoms with van der Waals surface area (Å²) in [6, 6.07) is 5.27. The van der Waals surface area contributed by atoms with E-state index in [1.165, 1.54) is 24.3 Å². The van der Waals surface area contributed by atoms with Gasteiger partial charge in [0.15, 0.2) is 0 Å². The van der Waals surface area contributed by atoms with E-state index in [4.69, 9.17) is 17.4 Å². The molecule has 0 heterocycles. The second-order valence-electron chi connectivity index (χ2n) is 3.27. The van der Waals surface area contributed by atoms with Crippen LogP contribution in [0.2, 0.25) is 0 Å². The first-order chi connectivity index (χ1) is 10.6. The van der Waals surface area contributed by atoms with Crippen molar-refractivity contribution in [3.8, 4) is 0 Å². The fourth-order valence-electron chi connectivity index (χ4n) is 1.22. The quantitative estimate of drug-likeness (QED) is 0.838. The minimum Gasteiger partial charge on any atom is -0.481 e. The van der Waals surface area contributed by atoms with E-state index in [-0.39, 0.29) is 12.0 Å². The van der Waals surface area contributed by atoms with Crippen LogP contribution in [0.4, 0.5) is 0 Å². The van der Waals surface area contributed by atoms with E-state index < -0.39 is 38.4 Å². The van der Waals surface area contributed by atoms with Gasteiger partial charge in [-0.2, -0.15) is 0 Å². The summed E-state index contributed by atoms with van der Waals surface area (Å²) in [5.74, 6) is -4.76. The molecular formula is C13H18O2. The normalized spacial score (nSPS) is 24.2. The van der Waals surface area contributed by atoms with Crippen LogP contribution in [0.1, 0.15) is 49.9 Å². The van der Waals surface area contributed by atoms with E-state index >= 15 is 0 Å². The van der Waals surface area contributed by atoms with Crippen molar-refractivity contribution in [2.45, 2.75) is 32.9 Å². The van der Waals surface area contributed by atoms with E-state index in [9.17, 15) is 4.79 Å². The smallest absolute Gasteiger partial charge is 0.310 e. The van der Waals surface area contributed by atoms with Gasteiger partial charge in [0, 0.05) is 12.3 Å². The average Bonchev–Trinajstić information content (AvgIpc) is 2.32. The molecular weight excluding hydrogens is 188 g/mol. The molecule has 2 nitrogen and oxygen atoms in total. The summed E-state index contributed by atoms with van der Waals surface area (Å²) in [4.78, 5) is 11.2. The molecule has 1 N–H and O–H groups in total. The van der Waals surface area contributed by atoms with E-state index in [1.807, 2.05) is 0 Å². The predicted octanol–water partition coefficient (Wildman–Crippen LogP) is 3.07. The molecule has 0 aliphatic carbocycles. The largest absolute Gasteiger partial charge is 0.481 e. The van der Waals surface area contributed by atoms with Crippen LogP contribution in [0.15, 0.2) is 24.3 Å². The van der Waals surface area contributed by atoms with Crippen LogP contribution in [0.3, 0.4) is 0 Å². The fraction of sp³-hybridized carbons (Fsp3) is 0.462. The van der Waals surface area contributed by atoms with Gasteiger partial charge in [0.25, 0.3) is 0 Å². The molecule has 82 valence electrons. The van der Waals surface area contributed by atoms with E-state index in [0.29, 0.717) is 5.56 Å². The van der Waals surface area contributed by atoms with Gasteiger partial charge in [-0.05, 0) is 30.3 Å². The van der Waals surface area contributed by atoms with Crippen molar-refractivity contribution in [3.05, 3.63) is 35.4 Å². The van der Waals surface area contributed by atoms with Gasteiger partial charge in [-0.3, -0.25) is 4.79 Å². The van der Waals surface area contributed by atoms with Crippen LogP contribution in [-0.4, -0.2) is 11.1 Å². The number of hydrogen-bond acceptors (Lipinski definition) is 1. The second kappa shape index (κ2) is 4.96. The highest BCUT2D eigenvalue weighted by Crippen LogP contribution is 2.17. The van der Waals surface area contributed by atoms with Crippen molar-refractivity contribution in [2.75, 3.05) is 0 Å². The maximum Gasteiger partial charge on any atom is 0.310 e. The van der Waals surface area contributed by atoms with E-state index in [2.05, 4.69) is 0 Å². The fourth-order valence-corrected chi connectivity index (χ4v) is 1.22. The first kappa shape index (κ1) is 4.28. The van der Waals surface area contributed by atoms with Crippen LogP contribution >= 0.6 is 0 Å². The molecule has 0 aromatic heterocycles. The molecule has 0 fully saturated rings. The molecule has 1 atom stereocenters. The number of rotatable bonds is 4. The number of carboxylic acids is 1. The summed E-state index contributed by atoms with van der Waals surface area (Å²) < 4.78 is 66.1. The zero-order chi connectivity index (χ0) is 18.9. The molecule has 1 aromatic carbocycles. The van der Waals surface area contributed by atoms with Crippen LogP contribution in [-0.2, 0) is 11.2 Å². The van der Waals surface area contributed by atoms with Crippen molar-refractivity contribution in [2.24, 2.45) is 5.92 Å². The standard InChI is InChI=1S/C13H18O2/c1-9(2)8-11-4-6-12(7-5-11)10(3)13(14)15/h4-7,9-10H,8H2,1-3H3,(H,14,15)/i1D3,2D3,3D3. The summed E-state index contributed by atoms with van der Waals surface area (Å²) in [5, 5.41) is 9.08. The predicted molar refractivity (Wildman–Crippen MR) is 61.0 cm³/mol. The van der Waals surface area contributed by atoms with Gasteiger partial charge < -0.3 is 5.11 Å². The Kier molecular flexibility index (Phi) is 1.42. The molecule has 0 saturated heterocycles. The van der Waals surface area contributed by atoms with Crippen LogP contribution in [0.5, 0.6) is 0 Å². The SMILES string of the molecule is [2H]C([2H])([2H])C(C(=O)O)c1ccc(CC(C([2H])([2H])[2H])C([2H])([2H])[2H])cc1. The zero-order valence-electron chi connectivity index (χ0n) is 17.0. The van der Waals surface area contributed by atoms with Gasteiger partial charge in [-0.1, -0.05) is 38.0 Å². The molecule has 2 heteroatoms. The Morgan fingerprint density at radius 3 is 2.47 bits per heavy atom. The lowest BCUT2D eigenvalue weighted by Crippen LogP contribution is -2.07. The summed E-state index contributed by atoms with van der Waals surface area (Å²) in [5.41, 5.74) is 0.427. The van der Waals surface area contributed by atoms with Gasteiger partial charge in [0.05, 0.1) is 5.92 Å². The Bertz CT molecular complexity index is 555. The van der Waals surface area contributed by atoms with Crippen LogP contribution in [0, 0.1) is 5.92 Å². The number of carbonyl (C=O) groups is 1. The van der Waals surface area contributed by atoms with Crippen molar-refractivity contribution in [3.63, 3.8) is 0 Å². The average molecular weight is 215 g/mol. The third-order valence-corrected chi connectivity index (χ3v) is 2.00. The number of carboxylic acid groups (broad SMARTS) is 1. The minimum absolute atomic E-state index is 0.0468. The Morgan fingerprint density at radius 2 is 2.00 bits per heavy atom. The van der Waals surface area contributed by atoms with Gasteiger partial charge in [0.1, 0.15) is 0 Å². The Balaban J connectivity index is 3.09. The van der Waals surface area contributed by atoms with Gasteiger partial charge in [-0.15, -0.1) is 0 Å². The van der Waals surface area contributed by atoms with Gasteiger partial charge in [-0.25, -0.2) is 0 Å². The molecule has 0 aliphatic rings. The highest BCUT2D eigenvalue weighted by molar-refractivity contribution is 5.75. The highest BCUT2D eigenvalue weighted by atomic mass is 16.4. The Hall–Kier alpha value is -1.31. The van der Waals surface area contributed by atoms with Crippen molar-refractivity contribution in [1.82, 2.24) is 0 Å². The molecule has 0 aliphatic heterocycles. The summed E-state index contributed by atoms with van der Waals surface area (Å²) in [7, 11) is 0. The number of hydrogen-bond donors (Lipinski definition) is 1. The third-order valence-electron chi connectivity index (χ3n) is 2.00. The van der Waals surface area contributed by atoms with Crippen molar-refractivity contribution < 1.29 is 22.2 Å². The van der Waals surface area contributed by atoms with Crippen molar-refractivity contribution in [1.29, 1.82) is 0 Å². The highest BCUT2D eigenvalue weighted by Gasteiger charge is 2.12. The van der Waals surface area contributed by atoms with Gasteiger partial charge in [0.2, 0.25) is 0 Å². The Labute approximate surface area is 104 Å². The van der Waals surface area contributed by atoms with E-state index in [1.54, 1.807) is 0 Å². The first-order valence-electron chi connectivity index (χ1n) is 8.95. The second-order valence-corrected chi connectivity index (χ2v) is 3.27. The monoisotopic (exact) mass is 215 g/mol. The molecule has 1 aromatic rings. The van der Waals surface area contributed by atoms with Gasteiger partial charge >= 0.3 is 5.97 Å². The molecule has 0 spiro atoms. The molecule has 0 amide bonds. The topological polar surface area (TPSA) is 37.3 Å². The molecule has 0 saturated carbocycles. The molecule has 15 heavy (non-hydrogen) atoms. The van der Waals surface area contributed by atoms with Crippen LogP contribution < -0.4 is 0 Å². The van der Waals surface area contributed by atoms with Crippen molar-refractivity contribution >= 4 is 5.97 Å².